The van der Waals surface area contributed by atoms with Gasteiger partial charge in [0.05, 0.1) is 6.54 Å². The molecule has 1 unspecified atom stereocenters. The fourth-order valence-corrected chi connectivity index (χ4v) is 3.23. The van der Waals surface area contributed by atoms with Gasteiger partial charge in [0.15, 0.2) is 0 Å². The number of thiophene rings is 1. The van der Waals surface area contributed by atoms with E-state index in [0.29, 0.717) is 13.0 Å². The zero-order valence-electron chi connectivity index (χ0n) is 13.7. The van der Waals surface area contributed by atoms with Gasteiger partial charge in [-0.2, -0.15) is 0 Å². The lowest BCUT2D eigenvalue weighted by Gasteiger charge is -2.25. The van der Waals surface area contributed by atoms with Crippen LogP contribution in [0.2, 0.25) is 0 Å². The zero-order chi connectivity index (χ0) is 16.8. The fraction of sp³-hybridized carbons (Fsp3) is 0.333. The Morgan fingerprint density at radius 3 is 2.48 bits per heavy atom. The molecule has 122 valence electrons. The summed E-state index contributed by atoms with van der Waals surface area (Å²) < 4.78 is 0. The van der Waals surface area contributed by atoms with Gasteiger partial charge in [0.1, 0.15) is 6.04 Å². The topological polar surface area (TPSA) is 49.4 Å². The van der Waals surface area contributed by atoms with Crippen LogP contribution < -0.4 is 5.32 Å². The Hall–Kier alpha value is -2.14. The van der Waals surface area contributed by atoms with E-state index in [4.69, 9.17) is 0 Å². The van der Waals surface area contributed by atoms with Gasteiger partial charge in [-0.25, -0.2) is 0 Å². The molecule has 0 aliphatic rings. The Labute approximate surface area is 141 Å². The summed E-state index contributed by atoms with van der Waals surface area (Å²) in [6.45, 7) is 4.37. The van der Waals surface area contributed by atoms with Crippen LogP contribution >= 0.6 is 11.3 Å². The molecule has 2 rings (SSSR count). The van der Waals surface area contributed by atoms with Crippen LogP contribution in [0.5, 0.6) is 0 Å². The molecule has 5 heteroatoms. The Kier molecular flexibility index (Phi) is 5.93. The third kappa shape index (κ3) is 4.42. The van der Waals surface area contributed by atoms with Crippen LogP contribution in [0.4, 0.5) is 0 Å². The third-order valence-corrected chi connectivity index (χ3v) is 4.74. The van der Waals surface area contributed by atoms with Gasteiger partial charge in [-0.1, -0.05) is 37.3 Å². The van der Waals surface area contributed by atoms with Gasteiger partial charge < -0.3 is 10.2 Å². The van der Waals surface area contributed by atoms with Gasteiger partial charge >= 0.3 is 0 Å². The van der Waals surface area contributed by atoms with Crippen LogP contribution in [0, 0.1) is 6.92 Å². The highest BCUT2D eigenvalue weighted by atomic mass is 32.1. The second-order valence-electron chi connectivity index (χ2n) is 5.49. The van der Waals surface area contributed by atoms with Crippen LogP contribution in [0.1, 0.15) is 35.4 Å². The number of benzene rings is 1. The van der Waals surface area contributed by atoms with E-state index < -0.39 is 6.04 Å². The van der Waals surface area contributed by atoms with E-state index in [-0.39, 0.29) is 11.8 Å². The predicted octanol–water partition coefficient (Wildman–Crippen LogP) is 3.28. The summed E-state index contributed by atoms with van der Waals surface area (Å²) in [6, 6.07) is 10.8. The van der Waals surface area contributed by atoms with Gasteiger partial charge in [0.2, 0.25) is 11.8 Å². The summed E-state index contributed by atoms with van der Waals surface area (Å²) in [6.07, 6.45) is 0.352. The van der Waals surface area contributed by atoms with Crippen molar-refractivity contribution in [3.63, 3.8) is 0 Å². The SMILES string of the molecule is CCC(=O)NC(C(=O)N(C)Cc1sccc1C)c1ccccc1. The highest BCUT2D eigenvalue weighted by molar-refractivity contribution is 7.10. The summed E-state index contributed by atoms with van der Waals surface area (Å²) >= 11 is 1.64. The standard InChI is InChI=1S/C18H22N2O2S/c1-4-16(21)19-17(14-8-6-5-7-9-14)18(22)20(3)12-15-13(2)10-11-23-15/h5-11,17H,4,12H2,1-3H3,(H,19,21). The average molecular weight is 330 g/mol. The van der Waals surface area contributed by atoms with Gasteiger partial charge in [0, 0.05) is 18.3 Å². The van der Waals surface area contributed by atoms with Crippen LogP contribution in [0.15, 0.2) is 41.8 Å². The number of aryl methyl sites for hydroxylation is 1. The lowest BCUT2D eigenvalue weighted by atomic mass is 10.1. The minimum atomic E-state index is -0.645. The van der Waals surface area contributed by atoms with Crippen molar-refractivity contribution in [1.82, 2.24) is 10.2 Å². The van der Waals surface area contributed by atoms with E-state index in [1.807, 2.05) is 48.7 Å². The molecular weight excluding hydrogens is 308 g/mol. The maximum absolute atomic E-state index is 12.8. The van der Waals surface area contributed by atoms with Crippen molar-refractivity contribution in [2.75, 3.05) is 7.05 Å². The normalized spacial score (nSPS) is 11.8. The molecule has 0 radical (unpaired) electrons. The molecule has 1 aromatic carbocycles. The van der Waals surface area contributed by atoms with Crippen LogP contribution in [0.3, 0.4) is 0 Å². The molecule has 23 heavy (non-hydrogen) atoms. The number of rotatable bonds is 6. The molecule has 0 saturated heterocycles. The molecular formula is C18H22N2O2S. The van der Waals surface area contributed by atoms with Crippen molar-refractivity contribution in [3.8, 4) is 0 Å². The Balaban J connectivity index is 2.18. The van der Waals surface area contributed by atoms with Gasteiger partial charge in [-0.15, -0.1) is 11.3 Å². The summed E-state index contributed by atoms with van der Waals surface area (Å²) in [5.74, 6) is -0.237. The molecule has 4 nitrogen and oxygen atoms in total. The molecule has 0 fully saturated rings. The van der Waals surface area contributed by atoms with Gasteiger partial charge in [-0.05, 0) is 29.5 Å². The zero-order valence-corrected chi connectivity index (χ0v) is 14.5. The summed E-state index contributed by atoms with van der Waals surface area (Å²) in [4.78, 5) is 27.5. The number of carbonyl (C=O) groups is 2. The number of likely N-dealkylation sites (N-methyl/N-ethyl adjacent to an activating group) is 1. The quantitative estimate of drug-likeness (QED) is 0.883. The second-order valence-corrected chi connectivity index (χ2v) is 6.49. The third-order valence-electron chi connectivity index (χ3n) is 3.73. The highest BCUT2D eigenvalue weighted by Gasteiger charge is 2.25. The first-order valence-corrected chi connectivity index (χ1v) is 8.53. The summed E-state index contributed by atoms with van der Waals surface area (Å²) in [5.41, 5.74) is 1.98. The molecule has 0 saturated carbocycles. The first-order valence-electron chi connectivity index (χ1n) is 7.65. The monoisotopic (exact) mass is 330 g/mol. The first kappa shape index (κ1) is 17.2. The van der Waals surface area contributed by atoms with Crippen LogP contribution in [-0.2, 0) is 16.1 Å². The van der Waals surface area contributed by atoms with E-state index in [2.05, 4.69) is 5.32 Å². The van der Waals surface area contributed by atoms with Gasteiger partial charge in [0.25, 0.3) is 0 Å². The number of carbonyl (C=O) groups excluding carboxylic acids is 2. The van der Waals surface area contributed by atoms with Crippen molar-refractivity contribution in [2.24, 2.45) is 0 Å². The van der Waals surface area contributed by atoms with Crippen molar-refractivity contribution >= 4 is 23.2 Å². The summed E-state index contributed by atoms with van der Waals surface area (Å²) in [5, 5.41) is 4.86. The minimum absolute atomic E-state index is 0.106. The molecule has 0 aliphatic carbocycles. The molecule has 1 heterocycles. The molecule has 1 atom stereocenters. The van der Waals surface area contributed by atoms with Crippen molar-refractivity contribution in [2.45, 2.75) is 32.9 Å². The largest absolute Gasteiger partial charge is 0.341 e. The molecule has 1 aromatic heterocycles. The Morgan fingerprint density at radius 1 is 1.22 bits per heavy atom. The minimum Gasteiger partial charge on any atom is -0.341 e. The number of nitrogens with one attached hydrogen (secondary N) is 1. The molecule has 0 aliphatic heterocycles. The molecule has 2 amide bonds. The van der Waals surface area contributed by atoms with E-state index >= 15 is 0 Å². The van der Waals surface area contributed by atoms with Crippen LogP contribution in [-0.4, -0.2) is 23.8 Å². The van der Waals surface area contributed by atoms with E-state index in [1.54, 1.807) is 30.2 Å². The Morgan fingerprint density at radius 2 is 1.91 bits per heavy atom. The molecule has 1 N–H and O–H groups in total. The molecule has 2 aromatic rings. The first-order chi connectivity index (χ1) is 11.0. The maximum atomic E-state index is 12.8. The number of amides is 2. The van der Waals surface area contributed by atoms with E-state index in [0.717, 1.165) is 10.4 Å². The van der Waals surface area contributed by atoms with E-state index in [9.17, 15) is 9.59 Å². The highest BCUT2D eigenvalue weighted by Crippen LogP contribution is 2.20. The number of hydrogen-bond acceptors (Lipinski definition) is 3. The second kappa shape index (κ2) is 7.92. The lowest BCUT2D eigenvalue weighted by Crippen LogP contribution is -2.40. The maximum Gasteiger partial charge on any atom is 0.249 e. The fourth-order valence-electron chi connectivity index (χ4n) is 2.28. The Bertz CT molecular complexity index is 667. The molecule has 0 bridgehead atoms. The number of hydrogen-bond donors (Lipinski definition) is 1. The van der Waals surface area contributed by atoms with Crippen molar-refractivity contribution in [1.29, 1.82) is 0 Å². The van der Waals surface area contributed by atoms with E-state index in [1.165, 1.54) is 5.56 Å². The predicted molar refractivity (Wildman–Crippen MR) is 93.1 cm³/mol. The van der Waals surface area contributed by atoms with Crippen LogP contribution in [0.25, 0.3) is 0 Å². The smallest absolute Gasteiger partial charge is 0.249 e. The number of nitrogens with zero attached hydrogens (tertiary/aromatic N) is 1. The average Bonchev–Trinajstić information content (AvgIpc) is 2.97. The lowest BCUT2D eigenvalue weighted by molar-refractivity contribution is -0.136. The van der Waals surface area contributed by atoms with Crippen molar-refractivity contribution in [3.05, 3.63) is 57.8 Å². The summed E-state index contributed by atoms with van der Waals surface area (Å²) in [7, 11) is 1.77. The molecule has 0 spiro atoms. The van der Waals surface area contributed by atoms with Crippen molar-refractivity contribution < 1.29 is 9.59 Å². The van der Waals surface area contributed by atoms with Gasteiger partial charge in [-0.3, -0.25) is 9.59 Å².